The zero-order valence-corrected chi connectivity index (χ0v) is 13.4. The van der Waals surface area contributed by atoms with Crippen LogP contribution < -0.4 is 10.5 Å². The van der Waals surface area contributed by atoms with E-state index in [9.17, 15) is 0 Å². The Labute approximate surface area is 131 Å². The van der Waals surface area contributed by atoms with Gasteiger partial charge in [-0.1, -0.05) is 25.4 Å². The number of hydrogen-bond donors (Lipinski definition) is 1. The van der Waals surface area contributed by atoms with E-state index in [0.29, 0.717) is 19.1 Å². The first-order chi connectivity index (χ1) is 10.0. The van der Waals surface area contributed by atoms with E-state index in [1.54, 1.807) is 6.20 Å². The molecule has 0 atom stereocenters. The highest BCUT2D eigenvalue weighted by atomic mass is 35.5. The molecule has 2 rings (SSSR count). The maximum atomic E-state index is 6.28. The summed E-state index contributed by atoms with van der Waals surface area (Å²) in [5.74, 6) is 1.24. The minimum absolute atomic E-state index is 0.366. The maximum absolute atomic E-state index is 6.28. The smallest absolute Gasteiger partial charge is 0.123 e. The molecule has 1 aromatic carbocycles. The Morgan fingerprint density at radius 3 is 2.71 bits per heavy atom. The minimum atomic E-state index is 0.366. The largest absolute Gasteiger partial charge is 0.489 e. The van der Waals surface area contributed by atoms with Crippen LogP contribution in [-0.2, 0) is 13.2 Å². The van der Waals surface area contributed by atoms with Crippen LogP contribution in [0.3, 0.4) is 0 Å². The number of aryl methyl sites for hydroxylation is 1. The first-order valence-corrected chi connectivity index (χ1v) is 7.45. The molecule has 4 heteroatoms. The standard InChI is InChI=1S/C17H21ClN2O/c1-11(2)15-8-17(12(3)6-16(15)18)21-10-13-4-5-20-14(7-13)9-19/h4-8,11H,9-10,19H2,1-3H3. The van der Waals surface area contributed by atoms with Crippen LogP contribution in [0.15, 0.2) is 30.5 Å². The van der Waals surface area contributed by atoms with Crippen molar-refractivity contribution in [1.82, 2.24) is 4.98 Å². The molecule has 2 N–H and O–H groups in total. The second-order valence-corrected chi connectivity index (χ2v) is 5.85. The molecule has 0 bridgehead atoms. The summed E-state index contributed by atoms with van der Waals surface area (Å²) < 4.78 is 5.94. The van der Waals surface area contributed by atoms with Gasteiger partial charge in [-0.15, -0.1) is 0 Å². The zero-order chi connectivity index (χ0) is 15.4. The van der Waals surface area contributed by atoms with Gasteiger partial charge < -0.3 is 10.5 Å². The fourth-order valence-electron chi connectivity index (χ4n) is 2.16. The van der Waals surface area contributed by atoms with Gasteiger partial charge in [0.25, 0.3) is 0 Å². The summed E-state index contributed by atoms with van der Waals surface area (Å²) >= 11 is 6.28. The number of nitrogens with two attached hydrogens (primary N) is 1. The van der Waals surface area contributed by atoms with Crippen molar-refractivity contribution in [2.75, 3.05) is 0 Å². The van der Waals surface area contributed by atoms with Gasteiger partial charge in [0.2, 0.25) is 0 Å². The number of aromatic nitrogens is 1. The number of halogens is 1. The van der Waals surface area contributed by atoms with E-state index in [1.165, 1.54) is 0 Å². The van der Waals surface area contributed by atoms with Crippen molar-refractivity contribution >= 4 is 11.6 Å². The Morgan fingerprint density at radius 1 is 1.29 bits per heavy atom. The topological polar surface area (TPSA) is 48.1 Å². The Balaban J connectivity index is 2.17. The third-order valence-electron chi connectivity index (χ3n) is 3.40. The van der Waals surface area contributed by atoms with Gasteiger partial charge in [0.05, 0.1) is 5.69 Å². The summed E-state index contributed by atoms with van der Waals surface area (Å²) in [6.45, 7) is 7.18. The van der Waals surface area contributed by atoms with Crippen LogP contribution >= 0.6 is 11.6 Å². The van der Waals surface area contributed by atoms with Crippen molar-refractivity contribution in [3.05, 3.63) is 57.9 Å². The summed E-state index contributed by atoms with van der Waals surface area (Å²) in [6.07, 6.45) is 1.76. The van der Waals surface area contributed by atoms with Crippen LogP contribution in [0.2, 0.25) is 5.02 Å². The van der Waals surface area contributed by atoms with Crippen LogP contribution in [0.25, 0.3) is 0 Å². The summed E-state index contributed by atoms with van der Waals surface area (Å²) in [4.78, 5) is 4.18. The fourth-order valence-corrected chi connectivity index (χ4v) is 2.59. The van der Waals surface area contributed by atoms with E-state index in [-0.39, 0.29) is 0 Å². The molecule has 1 aromatic heterocycles. The van der Waals surface area contributed by atoms with Gasteiger partial charge >= 0.3 is 0 Å². The monoisotopic (exact) mass is 304 g/mol. The number of pyridine rings is 1. The van der Waals surface area contributed by atoms with E-state index >= 15 is 0 Å². The summed E-state index contributed by atoms with van der Waals surface area (Å²) in [5.41, 5.74) is 9.68. The zero-order valence-electron chi connectivity index (χ0n) is 12.7. The normalized spacial score (nSPS) is 11.0. The molecule has 1 heterocycles. The average molecular weight is 305 g/mol. The van der Waals surface area contributed by atoms with Gasteiger partial charge in [-0.25, -0.2) is 0 Å². The van der Waals surface area contributed by atoms with Gasteiger partial charge in [0.15, 0.2) is 0 Å². The van der Waals surface area contributed by atoms with Gasteiger partial charge in [-0.2, -0.15) is 0 Å². The molecule has 0 radical (unpaired) electrons. The number of nitrogens with zero attached hydrogens (tertiary/aromatic N) is 1. The van der Waals surface area contributed by atoms with Crippen LogP contribution in [0.5, 0.6) is 5.75 Å². The Hall–Kier alpha value is -1.58. The molecule has 0 aliphatic carbocycles. The predicted octanol–water partition coefficient (Wildman–Crippen LogP) is 4.20. The van der Waals surface area contributed by atoms with Gasteiger partial charge in [0, 0.05) is 17.8 Å². The van der Waals surface area contributed by atoms with Gasteiger partial charge in [-0.05, 0) is 53.8 Å². The SMILES string of the molecule is Cc1cc(Cl)c(C(C)C)cc1OCc1ccnc(CN)c1. The molecule has 3 nitrogen and oxygen atoms in total. The van der Waals surface area contributed by atoms with Crippen molar-refractivity contribution in [2.24, 2.45) is 5.73 Å². The quantitative estimate of drug-likeness (QED) is 0.900. The molecule has 21 heavy (non-hydrogen) atoms. The van der Waals surface area contributed by atoms with Crippen molar-refractivity contribution in [3.63, 3.8) is 0 Å². The van der Waals surface area contributed by atoms with Crippen LogP contribution in [0, 0.1) is 6.92 Å². The Bertz CT molecular complexity index is 626. The molecule has 0 amide bonds. The van der Waals surface area contributed by atoms with Gasteiger partial charge in [0.1, 0.15) is 12.4 Å². The van der Waals surface area contributed by atoms with Gasteiger partial charge in [-0.3, -0.25) is 4.98 Å². The molecule has 0 fully saturated rings. The molecule has 2 aromatic rings. The Morgan fingerprint density at radius 2 is 2.05 bits per heavy atom. The molecule has 0 aliphatic heterocycles. The molecular weight excluding hydrogens is 284 g/mol. The molecule has 112 valence electrons. The van der Waals surface area contributed by atoms with Crippen molar-refractivity contribution in [1.29, 1.82) is 0 Å². The average Bonchev–Trinajstić information content (AvgIpc) is 2.46. The maximum Gasteiger partial charge on any atom is 0.123 e. The third-order valence-corrected chi connectivity index (χ3v) is 3.73. The number of ether oxygens (including phenoxy) is 1. The van der Waals surface area contributed by atoms with Crippen LogP contribution in [0.4, 0.5) is 0 Å². The van der Waals surface area contributed by atoms with E-state index in [0.717, 1.165) is 33.2 Å². The molecule has 0 saturated carbocycles. The van der Waals surface area contributed by atoms with Crippen molar-refractivity contribution in [2.45, 2.75) is 39.8 Å². The van der Waals surface area contributed by atoms with E-state index in [1.807, 2.05) is 31.2 Å². The van der Waals surface area contributed by atoms with Crippen molar-refractivity contribution < 1.29 is 4.74 Å². The third kappa shape index (κ3) is 3.96. The Kier molecular flexibility index (Phi) is 5.21. The second kappa shape index (κ2) is 6.92. The predicted molar refractivity (Wildman–Crippen MR) is 86.7 cm³/mol. The van der Waals surface area contributed by atoms with E-state index in [4.69, 9.17) is 22.1 Å². The molecule has 0 aliphatic rings. The summed E-state index contributed by atoms with van der Waals surface area (Å²) in [7, 11) is 0. The summed E-state index contributed by atoms with van der Waals surface area (Å²) in [6, 6.07) is 7.90. The first-order valence-electron chi connectivity index (χ1n) is 7.08. The lowest BCUT2D eigenvalue weighted by Gasteiger charge is -2.15. The molecular formula is C17H21ClN2O. The number of benzene rings is 1. The van der Waals surface area contributed by atoms with Crippen LogP contribution in [-0.4, -0.2) is 4.98 Å². The second-order valence-electron chi connectivity index (χ2n) is 5.44. The van der Waals surface area contributed by atoms with Crippen LogP contribution in [0.1, 0.15) is 42.1 Å². The molecule has 0 spiro atoms. The lowest BCUT2D eigenvalue weighted by molar-refractivity contribution is 0.303. The molecule has 0 saturated heterocycles. The van der Waals surface area contributed by atoms with E-state index < -0.39 is 0 Å². The summed E-state index contributed by atoms with van der Waals surface area (Å²) in [5, 5.41) is 0.796. The lowest BCUT2D eigenvalue weighted by atomic mass is 10.0. The highest BCUT2D eigenvalue weighted by molar-refractivity contribution is 6.31. The first kappa shape index (κ1) is 15.8. The van der Waals surface area contributed by atoms with E-state index in [2.05, 4.69) is 18.8 Å². The number of hydrogen-bond acceptors (Lipinski definition) is 3. The number of rotatable bonds is 5. The highest BCUT2D eigenvalue weighted by Gasteiger charge is 2.10. The lowest BCUT2D eigenvalue weighted by Crippen LogP contribution is -2.03. The van der Waals surface area contributed by atoms with Crippen molar-refractivity contribution in [3.8, 4) is 5.75 Å². The minimum Gasteiger partial charge on any atom is -0.489 e. The fraction of sp³-hybridized carbons (Fsp3) is 0.353. The molecule has 0 unspecified atom stereocenters. The highest BCUT2D eigenvalue weighted by Crippen LogP contribution is 2.31.